The van der Waals surface area contributed by atoms with E-state index in [1.807, 2.05) is 6.07 Å². The number of aromatic nitrogens is 1. The maximum absolute atomic E-state index is 11.8. The number of nitrogens with zero attached hydrogens (tertiary/aromatic N) is 1. The Morgan fingerprint density at radius 3 is 2.73 bits per heavy atom. The van der Waals surface area contributed by atoms with Crippen LogP contribution < -0.4 is 10.1 Å². The molecule has 0 atom stereocenters. The van der Waals surface area contributed by atoms with E-state index in [1.165, 1.54) is 18.3 Å². The molecule has 0 bridgehead atoms. The molecule has 0 spiro atoms. The molecule has 1 aromatic carbocycles. The number of rotatable bonds is 6. The van der Waals surface area contributed by atoms with Crippen LogP contribution in [0.5, 0.6) is 5.75 Å². The van der Waals surface area contributed by atoms with Crippen LogP contribution in [0.3, 0.4) is 0 Å². The van der Waals surface area contributed by atoms with Crippen molar-refractivity contribution in [3.63, 3.8) is 0 Å². The van der Waals surface area contributed by atoms with Gasteiger partial charge in [-0.25, -0.2) is 4.98 Å². The first-order chi connectivity index (χ1) is 10.5. The summed E-state index contributed by atoms with van der Waals surface area (Å²) in [5, 5.41) is 3.59. The van der Waals surface area contributed by atoms with Gasteiger partial charge < -0.3 is 10.1 Å². The van der Waals surface area contributed by atoms with Gasteiger partial charge in [-0.1, -0.05) is 35.1 Å². The standard InChI is InChI=1S/C15H15ClN2O3S/c1-9-14(10(2)19)22-15(17-9)18-13(20)7-8-21-12-6-4-3-5-11(12)16/h3-6H,7-8H2,1-2H3,(H,17,18,20). The van der Waals surface area contributed by atoms with Crippen molar-refractivity contribution in [2.45, 2.75) is 20.3 Å². The number of amides is 1. The van der Waals surface area contributed by atoms with Gasteiger partial charge in [-0.15, -0.1) is 0 Å². The van der Waals surface area contributed by atoms with Gasteiger partial charge in [0, 0.05) is 6.92 Å². The van der Waals surface area contributed by atoms with Gasteiger partial charge in [-0.3, -0.25) is 9.59 Å². The quantitative estimate of drug-likeness (QED) is 0.815. The van der Waals surface area contributed by atoms with Gasteiger partial charge in [0.25, 0.3) is 0 Å². The van der Waals surface area contributed by atoms with E-state index in [9.17, 15) is 9.59 Å². The Morgan fingerprint density at radius 1 is 1.36 bits per heavy atom. The number of para-hydroxylation sites is 1. The monoisotopic (exact) mass is 338 g/mol. The zero-order valence-electron chi connectivity index (χ0n) is 12.2. The van der Waals surface area contributed by atoms with E-state index in [0.29, 0.717) is 26.5 Å². The van der Waals surface area contributed by atoms with Crippen LogP contribution in [0.4, 0.5) is 5.13 Å². The molecule has 0 aliphatic heterocycles. The largest absolute Gasteiger partial charge is 0.491 e. The van der Waals surface area contributed by atoms with E-state index < -0.39 is 0 Å². The minimum Gasteiger partial charge on any atom is -0.491 e. The molecule has 0 fully saturated rings. The van der Waals surface area contributed by atoms with E-state index in [2.05, 4.69) is 10.3 Å². The number of ketones is 1. The second kappa shape index (κ2) is 7.38. The Balaban J connectivity index is 1.85. The minimum absolute atomic E-state index is 0.0578. The zero-order chi connectivity index (χ0) is 16.1. The molecule has 0 aliphatic carbocycles. The van der Waals surface area contributed by atoms with Crippen LogP contribution in [-0.2, 0) is 4.79 Å². The normalized spacial score (nSPS) is 10.3. The second-order valence-electron chi connectivity index (χ2n) is 4.57. The number of nitrogens with one attached hydrogen (secondary N) is 1. The number of carbonyl (C=O) groups is 2. The van der Waals surface area contributed by atoms with Gasteiger partial charge in [0.1, 0.15) is 5.75 Å². The number of hydrogen-bond donors (Lipinski definition) is 1. The zero-order valence-corrected chi connectivity index (χ0v) is 13.8. The van der Waals surface area contributed by atoms with E-state index >= 15 is 0 Å². The summed E-state index contributed by atoms with van der Waals surface area (Å²) in [5.41, 5.74) is 0.625. The summed E-state index contributed by atoms with van der Waals surface area (Å²) in [7, 11) is 0. The average Bonchev–Trinajstić information content (AvgIpc) is 2.82. The van der Waals surface area contributed by atoms with Crippen molar-refractivity contribution in [1.29, 1.82) is 0 Å². The summed E-state index contributed by atoms with van der Waals surface area (Å²) >= 11 is 7.13. The number of Topliss-reactive ketones (excluding diaryl/α,β-unsaturated/α-hetero) is 1. The van der Waals surface area contributed by atoms with Crippen molar-refractivity contribution in [2.24, 2.45) is 0 Å². The number of thiazole rings is 1. The number of carbonyl (C=O) groups excluding carboxylic acids is 2. The van der Waals surface area contributed by atoms with Crippen LogP contribution >= 0.6 is 22.9 Å². The highest BCUT2D eigenvalue weighted by Crippen LogP contribution is 2.24. The first-order valence-corrected chi connectivity index (χ1v) is 7.82. The molecule has 22 heavy (non-hydrogen) atoms. The molecule has 0 saturated heterocycles. The molecular weight excluding hydrogens is 324 g/mol. The van der Waals surface area contributed by atoms with Crippen LogP contribution in [0.15, 0.2) is 24.3 Å². The molecule has 1 aromatic heterocycles. The molecule has 0 saturated carbocycles. The number of ether oxygens (including phenoxy) is 1. The van der Waals surface area contributed by atoms with Crippen molar-refractivity contribution in [3.8, 4) is 5.75 Å². The third-order valence-corrected chi connectivity index (χ3v) is 4.27. The summed E-state index contributed by atoms with van der Waals surface area (Å²) in [4.78, 5) is 27.9. The molecular formula is C15H15ClN2O3S. The van der Waals surface area contributed by atoms with Gasteiger partial charge in [0.05, 0.1) is 28.6 Å². The Labute approximate surface area is 137 Å². The fourth-order valence-electron chi connectivity index (χ4n) is 1.77. The van der Waals surface area contributed by atoms with Crippen LogP contribution in [0.1, 0.15) is 28.7 Å². The van der Waals surface area contributed by atoms with Gasteiger partial charge in [-0.2, -0.15) is 0 Å². The summed E-state index contributed by atoms with van der Waals surface area (Å²) in [6, 6.07) is 7.07. The molecule has 1 amide bonds. The van der Waals surface area contributed by atoms with Gasteiger partial charge in [0.15, 0.2) is 10.9 Å². The van der Waals surface area contributed by atoms with Crippen molar-refractivity contribution >= 4 is 39.8 Å². The summed E-state index contributed by atoms with van der Waals surface area (Å²) < 4.78 is 5.45. The van der Waals surface area contributed by atoms with E-state index in [0.717, 1.165) is 0 Å². The molecule has 0 radical (unpaired) electrons. The molecule has 7 heteroatoms. The smallest absolute Gasteiger partial charge is 0.229 e. The van der Waals surface area contributed by atoms with Crippen LogP contribution in [-0.4, -0.2) is 23.3 Å². The highest BCUT2D eigenvalue weighted by atomic mass is 35.5. The SMILES string of the molecule is CC(=O)c1sc(NC(=O)CCOc2ccccc2Cl)nc1C. The first-order valence-electron chi connectivity index (χ1n) is 6.63. The average molecular weight is 339 g/mol. The molecule has 5 nitrogen and oxygen atoms in total. The van der Waals surface area contributed by atoms with Gasteiger partial charge in [0.2, 0.25) is 5.91 Å². The summed E-state index contributed by atoms with van der Waals surface area (Å²) in [6.45, 7) is 3.42. The third-order valence-electron chi connectivity index (χ3n) is 2.79. The van der Waals surface area contributed by atoms with Crippen molar-refractivity contribution in [1.82, 2.24) is 4.98 Å². The Kier molecular flexibility index (Phi) is 5.51. The van der Waals surface area contributed by atoms with Gasteiger partial charge in [-0.05, 0) is 19.1 Å². The molecule has 2 rings (SSSR count). The fraction of sp³-hybridized carbons (Fsp3) is 0.267. The van der Waals surface area contributed by atoms with Crippen molar-refractivity contribution in [2.75, 3.05) is 11.9 Å². The van der Waals surface area contributed by atoms with E-state index in [-0.39, 0.29) is 24.7 Å². The van der Waals surface area contributed by atoms with Gasteiger partial charge >= 0.3 is 0 Å². The lowest BCUT2D eigenvalue weighted by atomic mass is 10.3. The molecule has 1 heterocycles. The maximum atomic E-state index is 11.8. The van der Waals surface area contributed by atoms with Crippen LogP contribution in [0.25, 0.3) is 0 Å². The lowest BCUT2D eigenvalue weighted by Gasteiger charge is -2.07. The topological polar surface area (TPSA) is 68.3 Å². The summed E-state index contributed by atoms with van der Waals surface area (Å²) in [6.07, 6.45) is 0.166. The number of aryl methyl sites for hydroxylation is 1. The van der Waals surface area contributed by atoms with Crippen molar-refractivity contribution < 1.29 is 14.3 Å². The minimum atomic E-state index is -0.226. The Bertz CT molecular complexity index is 700. The fourth-order valence-corrected chi connectivity index (χ4v) is 2.84. The van der Waals surface area contributed by atoms with Crippen molar-refractivity contribution in [3.05, 3.63) is 39.9 Å². The van der Waals surface area contributed by atoms with Crippen LogP contribution in [0, 0.1) is 6.92 Å². The third kappa shape index (κ3) is 4.29. The van der Waals surface area contributed by atoms with E-state index in [4.69, 9.17) is 16.3 Å². The van der Waals surface area contributed by atoms with Crippen LogP contribution in [0.2, 0.25) is 5.02 Å². The lowest BCUT2D eigenvalue weighted by molar-refractivity contribution is -0.116. The number of halogens is 1. The molecule has 0 unspecified atom stereocenters. The molecule has 0 aliphatic rings. The Hall–Kier alpha value is -1.92. The second-order valence-corrected chi connectivity index (χ2v) is 5.97. The predicted molar refractivity (Wildman–Crippen MR) is 87.0 cm³/mol. The molecule has 2 aromatic rings. The molecule has 1 N–H and O–H groups in total. The Morgan fingerprint density at radius 2 is 2.09 bits per heavy atom. The number of anilines is 1. The number of hydrogen-bond acceptors (Lipinski definition) is 5. The van der Waals surface area contributed by atoms with E-state index in [1.54, 1.807) is 25.1 Å². The number of benzene rings is 1. The summed E-state index contributed by atoms with van der Waals surface area (Å²) in [5.74, 6) is 0.259. The molecule has 116 valence electrons. The maximum Gasteiger partial charge on any atom is 0.229 e. The predicted octanol–water partition coefficient (Wildman–Crippen LogP) is 3.72. The first kappa shape index (κ1) is 16.5. The highest BCUT2D eigenvalue weighted by molar-refractivity contribution is 7.17. The lowest BCUT2D eigenvalue weighted by Crippen LogP contribution is -2.15. The highest BCUT2D eigenvalue weighted by Gasteiger charge is 2.13.